The molecule has 0 bridgehead atoms. The van der Waals surface area contributed by atoms with Crippen molar-refractivity contribution >= 4 is 52.0 Å². The molecule has 19 heteroatoms. The highest BCUT2D eigenvalue weighted by Gasteiger charge is 2.32. The fourth-order valence-corrected chi connectivity index (χ4v) is 9.38. The van der Waals surface area contributed by atoms with Gasteiger partial charge in [-0.3, -0.25) is 19.3 Å². The van der Waals surface area contributed by atoms with Crippen LogP contribution in [0.5, 0.6) is 23.3 Å². The monoisotopic (exact) mass is 1050 g/mol. The second-order valence-electron chi connectivity index (χ2n) is 18.8. The number of carbonyl (C=O) groups is 5. The van der Waals surface area contributed by atoms with Crippen LogP contribution in [0.1, 0.15) is 74.0 Å². The maximum absolute atomic E-state index is 13.6. The minimum absolute atomic E-state index is 0.00855. The van der Waals surface area contributed by atoms with Crippen molar-refractivity contribution in [2.75, 3.05) is 33.1 Å². The molecule has 0 saturated heterocycles. The molecule has 2 aliphatic carbocycles. The van der Waals surface area contributed by atoms with Crippen molar-refractivity contribution in [1.29, 1.82) is 0 Å². The summed E-state index contributed by atoms with van der Waals surface area (Å²) in [6, 6.07) is 29.1. The van der Waals surface area contributed by atoms with Gasteiger partial charge in [0, 0.05) is 101 Å². The quantitative estimate of drug-likeness (QED) is 0.0515. The first-order valence-electron chi connectivity index (χ1n) is 24.1. The van der Waals surface area contributed by atoms with Crippen molar-refractivity contribution in [2.45, 2.75) is 19.1 Å². The highest BCUT2D eigenvalue weighted by Crippen LogP contribution is 2.47. The van der Waals surface area contributed by atoms with Crippen molar-refractivity contribution in [3.05, 3.63) is 211 Å². The van der Waals surface area contributed by atoms with Crippen LogP contribution < -0.4 is 30.5 Å². The average molecular weight is 1050 g/mol. The largest absolute Gasteiger partial charge is 0.507 e. The molecule has 19 nitrogen and oxygen atoms in total. The molecule has 0 spiro atoms. The molecule has 1 unspecified atom stereocenters. The first-order valence-corrected chi connectivity index (χ1v) is 24.1. The van der Waals surface area contributed by atoms with E-state index in [-0.39, 0.29) is 86.1 Å². The summed E-state index contributed by atoms with van der Waals surface area (Å²) >= 11 is 0. The van der Waals surface area contributed by atoms with E-state index in [0.29, 0.717) is 49.6 Å². The Bertz CT molecular complexity index is 3940. The Morgan fingerprint density at radius 2 is 1.29 bits per heavy atom. The van der Waals surface area contributed by atoms with Crippen molar-refractivity contribution in [3.8, 4) is 45.7 Å². The maximum atomic E-state index is 13.6. The third-order valence-electron chi connectivity index (χ3n) is 13.4. The Morgan fingerprint density at radius 3 is 2.00 bits per heavy atom. The van der Waals surface area contributed by atoms with Gasteiger partial charge in [-0.1, -0.05) is 36.4 Å². The second-order valence-corrected chi connectivity index (χ2v) is 18.8. The number of ether oxygens (including phenoxy) is 1. The van der Waals surface area contributed by atoms with Crippen LogP contribution in [0.3, 0.4) is 0 Å². The topological polar surface area (TPSA) is 271 Å². The number of phenols is 1. The number of nitrogens with zero attached hydrogens (tertiary/aromatic N) is 3. The molecule has 5 aromatic carbocycles. The molecule has 2 aliphatic heterocycles. The van der Waals surface area contributed by atoms with Crippen LogP contribution in [-0.2, 0) is 13.1 Å². The standard InChI is InChI=1S/C59H47N5O14/c1-62(2)34-11-16-39-47(25-34)76-48-26-35(63(3)4)12-17-40(48)52(39)37-14-9-32(23-43(37)57(71)72)56(70)60-28-30-5-7-31(8-6-30)55(69)61-29-45-46(66)20-19-42-53(41-18-13-36(65)27-49(41)77-54(42)45)38-15-10-33(24-44(38)58(73)74)59(75)78-64-50(67)21-22-51(64)68/h5-27,34,66-68H,28-29H2,1-4H3,(H,60,70)(H,61,69)(H,71,72)(H,73,74). The van der Waals surface area contributed by atoms with Crippen LogP contribution in [0.25, 0.3) is 39.0 Å². The average Bonchev–Trinajstić information content (AvgIpc) is 3.92. The number of hydrogen-bond donors (Lipinski definition) is 7. The number of nitrogens with one attached hydrogen (secondary N) is 2. The first-order chi connectivity index (χ1) is 37.3. The van der Waals surface area contributed by atoms with E-state index in [1.165, 1.54) is 60.7 Å². The predicted octanol–water partition coefficient (Wildman–Crippen LogP) is 7.65. The number of aromatic carboxylic acids is 2. The summed E-state index contributed by atoms with van der Waals surface area (Å²) in [6.45, 7) is -0.281. The molecule has 7 N–H and O–H groups in total. The normalized spacial score (nSPS) is 13.6. The van der Waals surface area contributed by atoms with E-state index in [1.54, 1.807) is 24.3 Å². The molecule has 10 rings (SSSR count). The van der Waals surface area contributed by atoms with E-state index in [0.717, 1.165) is 23.9 Å². The lowest BCUT2D eigenvalue weighted by molar-refractivity contribution is 0.0381. The molecular weight excluding hydrogens is 1000 g/mol. The zero-order chi connectivity index (χ0) is 55.3. The summed E-state index contributed by atoms with van der Waals surface area (Å²) in [6.07, 6.45) is 5.91. The Hall–Kier alpha value is -10.4. The van der Waals surface area contributed by atoms with Crippen molar-refractivity contribution < 1.29 is 63.5 Å². The van der Waals surface area contributed by atoms with Crippen LogP contribution in [0.4, 0.5) is 5.69 Å². The zero-order valence-electron chi connectivity index (χ0n) is 42.0. The van der Waals surface area contributed by atoms with Crippen LogP contribution in [0, 0.1) is 0 Å². The van der Waals surface area contributed by atoms with Gasteiger partial charge in [0.15, 0.2) is 5.43 Å². The molecule has 78 heavy (non-hydrogen) atoms. The molecule has 392 valence electrons. The van der Waals surface area contributed by atoms with Gasteiger partial charge < -0.3 is 55.1 Å². The van der Waals surface area contributed by atoms with Gasteiger partial charge in [-0.15, -0.1) is 4.73 Å². The highest BCUT2D eigenvalue weighted by atomic mass is 16.7. The fourth-order valence-electron chi connectivity index (χ4n) is 9.38. The van der Waals surface area contributed by atoms with E-state index in [9.17, 15) is 54.3 Å². The van der Waals surface area contributed by atoms with Gasteiger partial charge in [0.25, 0.3) is 11.8 Å². The van der Waals surface area contributed by atoms with Crippen LogP contribution in [0.2, 0.25) is 0 Å². The summed E-state index contributed by atoms with van der Waals surface area (Å²) in [5.74, 6) is -5.17. The number of phenolic OH excluding ortho intramolecular Hbond substituents is 1. The van der Waals surface area contributed by atoms with Gasteiger partial charge in [-0.2, -0.15) is 0 Å². The SMILES string of the molecule is CN(C)c1ccc2c(c1)OC1=CC(N(C)C)C=CC1=C2c1ccc(C(=O)NCc2ccc(C(=O)NCc3c(O)ccc4c(-c5ccc(C(=O)On6c(O)ccc6O)cc5C(=O)O)c5ccc(=O)cc-5oc34)cc2)cc1C(=O)O. The minimum Gasteiger partial charge on any atom is -0.507 e. The molecular formula is C59H47N5O14. The Kier molecular flexibility index (Phi) is 13.3. The van der Waals surface area contributed by atoms with Gasteiger partial charge in [-0.05, 0) is 110 Å². The number of rotatable bonds is 14. The minimum atomic E-state index is -1.45. The number of aromatic nitrogens is 1. The number of fused-ring (bicyclic) bond motifs is 4. The number of anilines is 1. The van der Waals surface area contributed by atoms with Gasteiger partial charge in [0.2, 0.25) is 11.8 Å². The molecule has 0 saturated carbocycles. The summed E-state index contributed by atoms with van der Waals surface area (Å²) in [4.78, 5) is 87.8. The smallest absolute Gasteiger partial charge is 0.363 e. The highest BCUT2D eigenvalue weighted by molar-refractivity contribution is 6.10. The van der Waals surface area contributed by atoms with Gasteiger partial charge in [0.1, 0.15) is 28.6 Å². The predicted molar refractivity (Wildman–Crippen MR) is 286 cm³/mol. The summed E-state index contributed by atoms with van der Waals surface area (Å²) in [5.41, 5.74) is 3.90. The molecule has 0 radical (unpaired) electrons. The van der Waals surface area contributed by atoms with E-state index in [1.807, 2.05) is 74.4 Å². The number of benzene rings is 6. The number of carbonyl (C=O) groups excluding carboxylic acids is 3. The van der Waals surface area contributed by atoms with E-state index in [2.05, 4.69) is 10.6 Å². The van der Waals surface area contributed by atoms with E-state index < -0.39 is 46.9 Å². The Labute approximate surface area is 443 Å². The first kappa shape index (κ1) is 51.1. The summed E-state index contributed by atoms with van der Waals surface area (Å²) in [5, 5.41) is 58.0. The fraction of sp³-hybridized carbons (Fsp3) is 0.119. The zero-order valence-corrected chi connectivity index (χ0v) is 42.0. The van der Waals surface area contributed by atoms with E-state index in [4.69, 9.17) is 14.0 Å². The third kappa shape index (κ3) is 9.63. The van der Waals surface area contributed by atoms with Crippen molar-refractivity contribution in [2.24, 2.45) is 0 Å². The summed E-state index contributed by atoms with van der Waals surface area (Å²) < 4.78 is 13.1. The van der Waals surface area contributed by atoms with Crippen LogP contribution in [0.15, 0.2) is 160 Å². The number of carboxylic acids is 2. The van der Waals surface area contributed by atoms with E-state index >= 15 is 0 Å². The number of allylic oxidation sites excluding steroid dienone is 1. The van der Waals surface area contributed by atoms with Crippen LogP contribution in [-0.4, -0.2) is 99.1 Å². The second kappa shape index (κ2) is 20.4. The molecule has 0 fully saturated rings. The molecule has 4 aliphatic rings. The van der Waals surface area contributed by atoms with Crippen molar-refractivity contribution in [3.63, 3.8) is 0 Å². The van der Waals surface area contributed by atoms with Gasteiger partial charge in [0.05, 0.1) is 28.8 Å². The Morgan fingerprint density at radius 1 is 0.667 bits per heavy atom. The lowest BCUT2D eigenvalue weighted by Gasteiger charge is -2.31. The van der Waals surface area contributed by atoms with Crippen LogP contribution >= 0.6 is 0 Å². The molecule has 6 aromatic rings. The number of likely N-dealkylation sites (N-methyl/N-ethyl adjacent to an activating group) is 1. The molecule has 1 atom stereocenters. The molecule has 3 heterocycles. The maximum Gasteiger partial charge on any atom is 0.363 e. The molecule has 1 aromatic heterocycles. The number of aromatic hydroxyl groups is 3. The number of carboxylic acid groups (broad SMARTS) is 2. The molecule has 2 amide bonds. The van der Waals surface area contributed by atoms with Gasteiger partial charge in [-0.25, -0.2) is 14.4 Å². The summed E-state index contributed by atoms with van der Waals surface area (Å²) in [7, 11) is 7.73. The third-order valence-corrected chi connectivity index (χ3v) is 13.4. The Balaban J connectivity index is 0.870. The number of amides is 2. The van der Waals surface area contributed by atoms with Gasteiger partial charge >= 0.3 is 17.9 Å². The lowest BCUT2D eigenvalue weighted by atomic mass is 9.84. The van der Waals surface area contributed by atoms with Crippen molar-refractivity contribution in [1.82, 2.24) is 20.3 Å². The lowest BCUT2D eigenvalue weighted by Crippen LogP contribution is -2.27. The number of hydrogen-bond acceptors (Lipinski definition) is 14.